The standard InChI is InChI=1S/C11H11NO3S/c1-2-14-11(13)10-9(12)8(5-15-10)7-3-4-16-6-7/h3-6H,2,12H2,1H3. The zero-order valence-electron chi connectivity index (χ0n) is 8.73. The van der Waals surface area contributed by atoms with Gasteiger partial charge < -0.3 is 14.9 Å². The van der Waals surface area contributed by atoms with Gasteiger partial charge >= 0.3 is 5.97 Å². The molecular weight excluding hydrogens is 226 g/mol. The molecule has 2 N–H and O–H groups in total. The van der Waals surface area contributed by atoms with Crippen LogP contribution < -0.4 is 5.73 Å². The fourth-order valence-corrected chi connectivity index (χ4v) is 2.02. The van der Waals surface area contributed by atoms with Crippen LogP contribution in [0.3, 0.4) is 0 Å². The number of ether oxygens (including phenoxy) is 1. The zero-order chi connectivity index (χ0) is 11.5. The minimum atomic E-state index is -0.526. The van der Waals surface area contributed by atoms with Crippen molar-refractivity contribution in [2.45, 2.75) is 6.92 Å². The van der Waals surface area contributed by atoms with Crippen molar-refractivity contribution in [1.29, 1.82) is 0 Å². The van der Waals surface area contributed by atoms with Gasteiger partial charge in [-0.2, -0.15) is 11.3 Å². The van der Waals surface area contributed by atoms with Crippen LogP contribution >= 0.6 is 11.3 Å². The predicted octanol–water partition coefficient (Wildman–Crippen LogP) is 2.77. The fourth-order valence-electron chi connectivity index (χ4n) is 1.36. The highest BCUT2D eigenvalue weighted by atomic mass is 32.1. The number of furan rings is 1. The van der Waals surface area contributed by atoms with Crippen molar-refractivity contribution in [3.8, 4) is 11.1 Å². The Labute approximate surface area is 96.6 Å². The van der Waals surface area contributed by atoms with E-state index in [0.717, 1.165) is 11.1 Å². The van der Waals surface area contributed by atoms with Crippen molar-refractivity contribution in [2.75, 3.05) is 12.3 Å². The number of hydrogen-bond acceptors (Lipinski definition) is 5. The number of carbonyl (C=O) groups excluding carboxylic acids is 1. The lowest BCUT2D eigenvalue weighted by molar-refractivity contribution is 0.0492. The second-order valence-electron chi connectivity index (χ2n) is 3.12. The van der Waals surface area contributed by atoms with Crippen molar-refractivity contribution in [1.82, 2.24) is 0 Å². The number of rotatable bonds is 3. The van der Waals surface area contributed by atoms with E-state index in [1.807, 2.05) is 16.8 Å². The summed E-state index contributed by atoms with van der Waals surface area (Å²) >= 11 is 1.56. The minimum Gasteiger partial charge on any atom is -0.460 e. The van der Waals surface area contributed by atoms with Gasteiger partial charge in [0, 0.05) is 5.56 Å². The average molecular weight is 237 g/mol. The minimum absolute atomic E-state index is 0.0723. The van der Waals surface area contributed by atoms with Crippen molar-refractivity contribution in [2.24, 2.45) is 0 Å². The first-order valence-corrected chi connectivity index (χ1v) is 5.75. The number of esters is 1. The molecule has 0 saturated carbocycles. The Bertz CT molecular complexity index is 487. The highest BCUT2D eigenvalue weighted by Crippen LogP contribution is 2.32. The molecule has 0 radical (unpaired) electrons. The first kappa shape index (κ1) is 10.8. The monoisotopic (exact) mass is 237 g/mol. The molecule has 0 atom stereocenters. The van der Waals surface area contributed by atoms with Crippen LogP contribution in [0.15, 0.2) is 27.5 Å². The molecule has 4 nitrogen and oxygen atoms in total. The van der Waals surface area contributed by atoms with Crippen LogP contribution in [0.4, 0.5) is 5.69 Å². The topological polar surface area (TPSA) is 65.5 Å². The molecular formula is C11H11NO3S. The van der Waals surface area contributed by atoms with E-state index in [-0.39, 0.29) is 5.76 Å². The Morgan fingerprint density at radius 2 is 2.44 bits per heavy atom. The molecule has 0 aliphatic carbocycles. The van der Waals surface area contributed by atoms with Gasteiger partial charge in [0.25, 0.3) is 0 Å². The maximum Gasteiger partial charge on any atom is 0.376 e. The van der Waals surface area contributed by atoms with Crippen LogP contribution in [0.2, 0.25) is 0 Å². The van der Waals surface area contributed by atoms with E-state index < -0.39 is 5.97 Å². The Hall–Kier alpha value is -1.75. The van der Waals surface area contributed by atoms with E-state index in [1.54, 1.807) is 18.3 Å². The lowest BCUT2D eigenvalue weighted by Crippen LogP contribution is -2.05. The van der Waals surface area contributed by atoms with Gasteiger partial charge in [0.1, 0.15) is 6.26 Å². The summed E-state index contributed by atoms with van der Waals surface area (Å²) in [7, 11) is 0. The van der Waals surface area contributed by atoms with Crippen molar-refractivity contribution in [3.05, 3.63) is 28.8 Å². The van der Waals surface area contributed by atoms with E-state index in [1.165, 1.54) is 6.26 Å². The van der Waals surface area contributed by atoms with Crippen LogP contribution in [0.5, 0.6) is 0 Å². The molecule has 0 spiro atoms. The summed E-state index contributed by atoms with van der Waals surface area (Å²) in [6.45, 7) is 2.03. The Morgan fingerprint density at radius 3 is 3.06 bits per heavy atom. The quantitative estimate of drug-likeness (QED) is 0.833. The molecule has 0 amide bonds. The summed E-state index contributed by atoms with van der Waals surface area (Å²) in [5.41, 5.74) is 7.84. The molecule has 0 unspecified atom stereocenters. The van der Waals surface area contributed by atoms with Gasteiger partial charge in [-0.25, -0.2) is 4.79 Å². The SMILES string of the molecule is CCOC(=O)c1occ(-c2ccsc2)c1N. The fraction of sp³-hybridized carbons (Fsp3) is 0.182. The van der Waals surface area contributed by atoms with Gasteiger partial charge in [-0.3, -0.25) is 0 Å². The molecule has 2 heterocycles. The highest BCUT2D eigenvalue weighted by Gasteiger charge is 2.19. The second-order valence-corrected chi connectivity index (χ2v) is 3.90. The smallest absolute Gasteiger partial charge is 0.376 e. The maximum atomic E-state index is 11.5. The van der Waals surface area contributed by atoms with E-state index in [0.29, 0.717) is 12.3 Å². The van der Waals surface area contributed by atoms with Crippen LogP contribution in [-0.4, -0.2) is 12.6 Å². The molecule has 0 saturated heterocycles. The van der Waals surface area contributed by atoms with E-state index >= 15 is 0 Å². The lowest BCUT2D eigenvalue weighted by Gasteiger charge is -1.99. The van der Waals surface area contributed by atoms with Crippen molar-refractivity contribution in [3.63, 3.8) is 0 Å². The Balaban J connectivity index is 2.35. The zero-order valence-corrected chi connectivity index (χ0v) is 9.54. The third kappa shape index (κ3) is 1.81. The van der Waals surface area contributed by atoms with Crippen LogP contribution in [0, 0.1) is 0 Å². The van der Waals surface area contributed by atoms with E-state index in [2.05, 4.69) is 0 Å². The van der Waals surface area contributed by atoms with Crippen molar-refractivity contribution < 1.29 is 13.9 Å². The highest BCUT2D eigenvalue weighted by molar-refractivity contribution is 7.08. The molecule has 0 aliphatic heterocycles. The first-order chi connectivity index (χ1) is 7.74. The van der Waals surface area contributed by atoms with Gasteiger partial charge in [0.05, 0.1) is 12.3 Å². The summed E-state index contributed by atoms with van der Waals surface area (Å²) in [6, 6.07) is 1.92. The molecule has 2 aromatic rings. The first-order valence-electron chi connectivity index (χ1n) is 4.80. The van der Waals surface area contributed by atoms with Crippen LogP contribution in [0.25, 0.3) is 11.1 Å². The Morgan fingerprint density at radius 1 is 1.62 bits per heavy atom. The summed E-state index contributed by atoms with van der Waals surface area (Å²) in [5, 5.41) is 3.88. The molecule has 0 aromatic carbocycles. The predicted molar refractivity (Wildman–Crippen MR) is 62.4 cm³/mol. The Kier molecular flexibility index (Phi) is 2.96. The molecule has 16 heavy (non-hydrogen) atoms. The van der Waals surface area contributed by atoms with Crippen LogP contribution in [0.1, 0.15) is 17.5 Å². The molecule has 2 rings (SSSR count). The molecule has 0 aliphatic rings. The van der Waals surface area contributed by atoms with Gasteiger partial charge in [-0.05, 0) is 29.3 Å². The summed E-state index contributed by atoms with van der Waals surface area (Å²) in [5.74, 6) is -0.454. The summed E-state index contributed by atoms with van der Waals surface area (Å²) in [4.78, 5) is 11.5. The number of nitrogens with two attached hydrogens (primary N) is 1. The largest absolute Gasteiger partial charge is 0.460 e. The molecule has 5 heteroatoms. The molecule has 0 fully saturated rings. The molecule has 84 valence electrons. The molecule has 2 aromatic heterocycles. The normalized spacial score (nSPS) is 10.3. The molecule has 0 bridgehead atoms. The van der Waals surface area contributed by atoms with Crippen molar-refractivity contribution >= 4 is 23.0 Å². The summed E-state index contributed by atoms with van der Waals surface area (Å²) in [6.07, 6.45) is 1.48. The average Bonchev–Trinajstić information content (AvgIpc) is 2.86. The number of carbonyl (C=O) groups is 1. The van der Waals surface area contributed by atoms with Crippen LogP contribution in [-0.2, 0) is 4.74 Å². The second kappa shape index (κ2) is 4.40. The van der Waals surface area contributed by atoms with Gasteiger partial charge in [-0.1, -0.05) is 0 Å². The van der Waals surface area contributed by atoms with E-state index in [4.69, 9.17) is 14.9 Å². The van der Waals surface area contributed by atoms with Gasteiger partial charge in [0.15, 0.2) is 0 Å². The third-order valence-corrected chi connectivity index (χ3v) is 2.81. The summed E-state index contributed by atoms with van der Waals surface area (Å²) < 4.78 is 9.97. The number of thiophene rings is 1. The van der Waals surface area contributed by atoms with Gasteiger partial charge in [-0.15, -0.1) is 0 Å². The number of anilines is 1. The number of hydrogen-bond donors (Lipinski definition) is 1. The third-order valence-electron chi connectivity index (χ3n) is 2.12. The van der Waals surface area contributed by atoms with E-state index in [9.17, 15) is 4.79 Å². The van der Waals surface area contributed by atoms with Gasteiger partial charge in [0.2, 0.25) is 5.76 Å². The maximum absolute atomic E-state index is 11.5. The number of nitrogen functional groups attached to an aromatic ring is 1. The lowest BCUT2D eigenvalue weighted by atomic mass is 10.1.